The standard InChI is InChI=1S/C16H17NO/c1-11-3-5-12(6-4-11)16-15-9-14(18-2)8-7-13(15)10-17-16/h3-9,16-17H,10H2,1-2H3. The van der Waals surface area contributed by atoms with Crippen molar-refractivity contribution in [2.24, 2.45) is 0 Å². The Bertz CT molecular complexity index is 560. The van der Waals surface area contributed by atoms with Crippen molar-refractivity contribution in [3.05, 3.63) is 64.7 Å². The predicted octanol–water partition coefficient (Wildman–Crippen LogP) is 3.20. The van der Waals surface area contributed by atoms with E-state index in [1.807, 2.05) is 6.07 Å². The molecular weight excluding hydrogens is 222 g/mol. The van der Waals surface area contributed by atoms with E-state index in [0.29, 0.717) is 0 Å². The Kier molecular flexibility index (Phi) is 2.80. The zero-order chi connectivity index (χ0) is 12.5. The molecule has 2 heteroatoms. The van der Waals surface area contributed by atoms with Crippen molar-refractivity contribution in [1.29, 1.82) is 0 Å². The maximum absolute atomic E-state index is 5.31. The molecule has 1 aliphatic rings. The topological polar surface area (TPSA) is 21.3 Å². The Morgan fingerprint density at radius 1 is 1.11 bits per heavy atom. The molecule has 0 fully saturated rings. The summed E-state index contributed by atoms with van der Waals surface area (Å²) in [5.74, 6) is 0.926. The van der Waals surface area contributed by atoms with Crippen LogP contribution in [0.3, 0.4) is 0 Å². The third kappa shape index (κ3) is 1.89. The Labute approximate surface area is 108 Å². The molecule has 0 spiro atoms. The summed E-state index contributed by atoms with van der Waals surface area (Å²) in [7, 11) is 1.71. The molecule has 2 nitrogen and oxygen atoms in total. The summed E-state index contributed by atoms with van der Waals surface area (Å²) in [6, 6.07) is 15.3. The Hall–Kier alpha value is -1.80. The zero-order valence-corrected chi connectivity index (χ0v) is 10.7. The highest BCUT2D eigenvalue weighted by molar-refractivity contribution is 5.45. The van der Waals surface area contributed by atoms with E-state index in [9.17, 15) is 0 Å². The second-order valence-electron chi connectivity index (χ2n) is 4.79. The van der Waals surface area contributed by atoms with Gasteiger partial charge in [-0.05, 0) is 35.7 Å². The van der Waals surface area contributed by atoms with Crippen LogP contribution in [0.4, 0.5) is 0 Å². The molecule has 1 unspecified atom stereocenters. The number of fused-ring (bicyclic) bond motifs is 1. The lowest BCUT2D eigenvalue weighted by atomic mass is 9.97. The van der Waals surface area contributed by atoms with E-state index in [1.54, 1.807) is 7.11 Å². The van der Waals surface area contributed by atoms with E-state index in [1.165, 1.54) is 22.3 Å². The summed E-state index contributed by atoms with van der Waals surface area (Å²) in [5.41, 5.74) is 5.30. The molecule has 0 aromatic heterocycles. The van der Waals surface area contributed by atoms with Crippen molar-refractivity contribution in [2.75, 3.05) is 7.11 Å². The molecule has 0 saturated heterocycles. The summed E-state index contributed by atoms with van der Waals surface area (Å²) in [5, 5.41) is 3.55. The van der Waals surface area contributed by atoms with Crippen LogP contribution in [0.25, 0.3) is 0 Å². The van der Waals surface area contributed by atoms with E-state index in [-0.39, 0.29) is 6.04 Å². The summed E-state index contributed by atoms with van der Waals surface area (Å²) in [4.78, 5) is 0. The fourth-order valence-corrected chi connectivity index (χ4v) is 2.51. The van der Waals surface area contributed by atoms with Gasteiger partial charge in [0.05, 0.1) is 13.2 Å². The van der Waals surface area contributed by atoms with Gasteiger partial charge in [0.1, 0.15) is 5.75 Å². The minimum Gasteiger partial charge on any atom is -0.497 e. The highest BCUT2D eigenvalue weighted by Gasteiger charge is 2.23. The summed E-state index contributed by atoms with van der Waals surface area (Å²) < 4.78 is 5.31. The second-order valence-corrected chi connectivity index (χ2v) is 4.79. The molecule has 0 aliphatic carbocycles. The first-order chi connectivity index (χ1) is 8.78. The minimum absolute atomic E-state index is 0.288. The number of nitrogens with one attached hydrogen (secondary N) is 1. The molecule has 2 aromatic carbocycles. The third-order valence-corrected chi connectivity index (χ3v) is 3.57. The molecule has 2 aromatic rings. The molecule has 1 N–H and O–H groups in total. The lowest BCUT2D eigenvalue weighted by Gasteiger charge is -2.13. The SMILES string of the molecule is COc1ccc2c(c1)C(c1ccc(C)cc1)NC2. The number of ether oxygens (including phenoxy) is 1. The highest BCUT2D eigenvalue weighted by Crippen LogP contribution is 2.33. The van der Waals surface area contributed by atoms with E-state index >= 15 is 0 Å². The van der Waals surface area contributed by atoms with Crippen molar-refractivity contribution >= 4 is 0 Å². The van der Waals surface area contributed by atoms with Gasteiger partial charge >= 0.3 is 0 Å². The van der Waals surface area contributed by atoms with Gasteiger partial charge in [0, 0.05) is 6.54 Å². The quantitative estimate of drug-likeness (QED) is 0.869. The zero-order valence-electron chi connectivity index (χ0n) is 10.7. The first-order valence-electron chi connectivity index (χ1n) is 6.24. The normalized spacial score (nSPS) is 17.6. The lowest BCUT2D eigenvalue weighted by Crippen LogP contribution is -2.13. The second kappa shape index (κ2) is 4.46. The molecular formula is C16H17NO. The van der Waals surface area contributed by atoms with Crippen LogP contribution in [0.15, 0.2) is 42.5 Å². The fraction of sp³-hybridized carbons (Fsp3) is 0.250. The Morgan fingerprint density at radius 3 is 2.61 bits per heavy atom. The Balaban J connectivity index is 2.00. The number of aryl methyl sites for hydroxylation is 1. The summed E-state index contributed by atoms with van der Waals surface area (Å²) in [6.07, 6.45) is 0. The summed E-state index contributed by atoms with van der Waals surface area (Å²) in [6.45, 7) is 3.04. The molecule has 92 valence electrons. The van der Waals surface area contributed by atoms with Crippen LogP contribution < -0.4 is 10.1 Å². The molecule has 3 rings (SSSR count). The molecule has 18 heavy (non-hydrogen) atoms. The van der Waals surface area contributed by atoms with E-state index < -0.39 is 0 Å². The van der Waals surface area contributed by atoms with E-state index in [2.05, 4.69) is 48.6 Å². The van der Waals surface area contributed by atoms with Crippen LogP contribution in [-0.4, -0.2) is 7.11 Å². The van der Waals surface area contributed by atoms with Gasteiger partial charge in [-0.25, -0.2) is 0 Å². The van der Waals surface area contributed by atoms with Crippen LogP contribution in [0.5, 0.6) is 5.75 Å². The number of rotatable bonds is 2. The van der Waals surface area contributed by atoms with Gasteiger partial charge < -0.3 is 10.1 Å². The van der Waals surface area contributed by atoms with Crippen molar-refractivity contribution < 1.29 is 4.74 Å². The molecule has 1 atom stereocenters. The molecule has 0 saturated carbocycles. The van der Waals surface area contributed by atoms with Gasteiger partial charge in [-0.2, -0.15) is 0 Å². The van der Waals surface area contributed by atoms with Crippen molar-refractivity contribution in [3.63, 3.8) is 0 Å². The van der Waals surface area contributed by atoms with Gasteiger partial charge in [-0.15, -0.1) is 0 Å². The maximum atomic E-state index is 5.31. The average Bonchev–Trinajstić information content (AvgIpc) is 2.82. The van der Waals surface area contributed by atoms with Gasteiger partial charge in [-0.1, -0.05) is 35.9 Å². The molecule has 1 heterocycles. The number of methoxy groups -OCH3 is 1. The van der Waals surface area contributed by atoms with E-state index in [4.69, 9.17) is 4.74 Å². The molecule has 0 amide bonds. The minimum atomic E-state index is 0.288. The first kappa shape index (κ1) is 11.3. The first-order valence-corrected chi connectivity index (χ1v) is 6.24. The predicted molar refractivity (Wildman–Crippen MR) is 72.9 cm³/mol. The van der Waals surface area contributed by atoms with Gasteiger partial charge in [0.15, 0.2) is 0 Å². The van der Waals surface area contributed by atoms with Crippen LogP contribution in [0.1, 0.15) is 28.3 Å². The van der Waals surface area contributed by atoms with Crippen LogP contribution >= 0.6 is 0 Å². The van der Waals surface area contributed by atoms with Crippen molar-refractivity contribution in [2.45, 2.75) is 19.5 Å². The number of hydrogen-bond donors (Lipinski definition) is 1. The van der Waals surface area contributed by atoms with Gasteiger partial charge in [-0.3, -0.25) is 0 Å². The lowest BCUT2D eigenvalue weighted by molar-refractivity contribution is 0.414. The summed E-state index contributed by atoms with van der Waals surface area (Å²) >= 11 is 0. The highest BCUT2D eigenvalue weighted by atomic mass is 16.5. The van der Waals surface area contributed by atoms with Crippen molar-refractivity contribution in [1.82, 2.24) is 5.32 Å². The fourth-order valence-electron chi connectivity index (χ4n) is 2.51. The number of benzene rings is 2. The van der Waals surface area contributed by atoms with E-state index in [0.717, 1.165) is 12.3 Å². The third-order valence-electron chi connectivity index (χ3n) is 3.57. The van der Waals surface area contributed by atoms with Crippen molar-refractivity contribution in [3.8, 4) is 5.75 Å². The largest absolute Gasteiger partial charge is 0.497 e. The smallest absolute Gasteiger partial charge is 0.119 e. The van der Waals surface area contributed by atoms with Crippen LogP contribution in [0, 0.1) is 6.92 Å². The Morgan fingerprint density at radius 2 is 1.89 bits per heavy atom. The van der Waals surface area contributed by atoms with Gasteiger partial charge in [0.2, 0.25) is 0 Å². The molecule has 0 bridgehead atoms. The molecule has 1 aliphatic heterocycles. The monoisotopic (exact) mass is 239 g/mol. The van der Waals surface area contributed by atoms with Crippen LogP contribution in [-0.2, 0) is 6.54 Å². The van der Waals surface area contributed by atoms with Crippen LogP contribution in [0.2, 0.25) is 0 Å². The van der Waals surface area contributed by atoms with Gasteiger partial charge in [0.25, 0.3) is 0 Å². The maximum Gasteiger partial charge on any atom is 0.119 e. The average molecular weight is 239 g/mol. The number of hydrogen-bond acceptors (Lipinski definition) is 2. The molecule has 0 radical (unpaired) electrons.